The lowest BCUT2D eigenvalue weighted by Crippen LogP contribution is -2.23. The minimum absolute atomic E-state index is 0.277. The Balaban J connectivity index is 2.26. The highest BCUT2D eigenvalue weighted by Gasteiger charge is 2.15. The molecule has 0 amide bonds. The smallest absolute Gasteiger partial charge is 0.124 e. The third-order valence-corrected chi connectivity index (χ3v) is 3.57. The predicted octanol–water partition coefficient (Wildman–Crippen LogP) is 4.29. The summed E-state index contributed by atoms with van der Waals surface area (Å²) in [4.78, 5) is 0. The summed E-state index contributed by atoms with van der Waals surface area (Å²) in [5, 5.41) is 3.59. The monoisotopic (exact) mass is 283 g/mol. The van der Waals surface area contributed by atoms with Crippen LogP contribution >= 0.6 is 0 Å². The molecule has 0 bridgehead atoms. The van der Waals surface area contributed by atoms with Crippen molar-refractivity contribution in [2.75, 3.05) is 13.2 Å². The molecule has 0 saturated heterocycles. The molecule has 0 aromatic heterocycles. The van der Waals surface area contributed by atoms with Crippen LogP contribution in [0.25, 0.3) is 0 Å². The second-order valence-corrected chi connectivity index (χ2v) is 5.27. The Morgan fingerprint density at radius 2 is 1.86 bits per heavy atom. The van der Waals surface area contributed by atoms with Crippen LogP contribution in [-0.4, -0.2) is 13.2 Å². The third-order valence-electron chi connectivity index (χ3n) is 3.57. The Labute approximate surface area is 128 Å². The van der Waals surface area contributed by atoms with Gasteiger partial charge in [0, 0.05) is 11.6 Å². The molecule has 2 aromatic carbocycles. The van der Waals surface area contributed by atoms with Crippen LogP contribution in [0.15, 0.2) is 48.5 Å². The van der Waals surface area contributed by atoms with E-state index in [1.807, 2.05) is 13.0 Å². The summed E-state index contributed by atoms with van der Waals surface area (Å²) >= 11 is 0. The van der Waals surface area contributed by atoms with E-state index in [1.54, 1.807) is 0 Å². The van der Waals surface area contributed by atoms with Gasteiger partial charge in [-0.15, -0.1) is 0 Å². The molecule has 0 aliphatic heterocycles. The van der Waals surface area contributed by atoms with Gasteiger partial charge in [-0.25, -0.2) is 0 Å². The Morgan fingerprint density at radius 3 is 2.57 bits per heavy atom. The van der Waals surface area contributed by atoms with E-state index in [0.717, 1.165) is 18.7 Å². The van der Waals surface area contributed by atoms with Crippen molar-refractivity contribution in [2.24, 2.45) is 0 Å². The highest BCUT2D eigenvalue weighted by Crippen LogP contribution is 2.28. The zero-order valence-corrected chi connectivity index (χ0v) is 13.2. The summed E-state index contributed by atoms with van der Waals surface area (Å²) in [5.74, 6) is 0.985. The largest absolute Gasteiger partial charge is 0.494 e. The summed E-state index contributed by atoms with van der Waals surface area (Å²) in [5.41, 5.74) is 3.90. The average molecular weight is 283 g/mol. The van der Waals surface area contributed by atoms with Crippen LogP contribution in [0.4, 0.5) is 0 Å². The minimum atomic E-state index is 0.277. The Morgan fingerprint density at radius 1 is 1.05 bits per heavy atom. The van der Waals surface area contributed by atoms with Gasteiger partial charge in [-0.1, -0.05) is 55.0 Å². The van der Waals surface area contributed by atoms with E-state index in [4.69, 9.17) is 4.74 Å². The summed E-state index contributed by atoms with van der Waals surface area (Å²) in [6.07, 6.45) is 0.972. The fourth-order valence-corrected chi connectivity index (χ4v) is 2.67. The molecule has 0 aliphatic carbocycles. The van der Waals surface area contributed by atoms with Crippen LogP contribution in [-0.2, 0) is 6.42 Å². The van der Waals surface area contributed by atoms with Crippen LogP contribution < -0.4 is 10.1 Å². The number of para-hydroxylation sites is 1. The van der Waals surface area contributed by atoms with Gasteiger partial charge in [0.25, 0.3) is 0 Å². The van der Waals surface area contributed by atoms with E-state index in [-0.39, 0.29) is 6.04 Å². The molecular weight excluding hydrogens is 258 g/mol. The van der Waals surface area contributed by atoms with Crippen molar-refractivity contribution in [2.45, 2.75) is 33.2 Å². The number of ether oxygens (including phenoxy) is 1. The molecule has 2 aromatic rings. The van der Waals surface area contributed by atoms with Crippen molar-refractivity contribution in [1.29, 1.82) is 0 Å². The minimum Gasteiger partial charge on any atom is -0.494 e. The lowest BCUT2D eigenvalue weighted by Gasteiger charge is -2.21. The van der Waals surface area contributed by atoms with Crippen molar-refractivity contribution in [3.05, 3.63) is 65.2 Å². The normalized spacial score (nSPS) is 12.1. The Hall–Kier alpha value is -1.80. The molecule has 2 rings (SSSR count). The van der Waals surface area contributed by atoms with E-state index < -0.39 is 0 Å². The predicted molar refractivity (Wildman–Crippen MR) is 88.9 cm³/mol. The van der Waals surface area contributed by atoms with Gasteiger partial charge < -0.3 is 10.1 Å². The van der Waals surface area contributed by atoms with Crippen LogP contribution in [0, 0.1) is 6.92 Å². The molecule has 0 spiro atoms. The molecule has 2 heteroatoms. The van der Waals surface area contributed by atoms with Gasteiger partial charge >= 0.3 is 0 Å². The number of hydrogen-bond donors (Lipinski definition) is 1. The van der Waals surface area contributed by atoms with Crippen LogP contribution in [0.3, 0.4) is 0 Å². The molecule has 0 fully saturated rings. The first-order valence-corrected chi connectivity index (χ1v) is 7.75. The van der Waals surface area contributed by atoms with Gasteiger partial charge in [0.2, 0.25) is 0 Å². The number of benzene rings is 2. The first-order valence-electron chi connectivity index (χ1n) is 7.75. The number of aryl methyl sites for hydroxylation is 1. The number of hydrogen-bond acceptors (Lipinski definition) is 2. The highest BCUT2D eigenvalue weighted by atomic mass is 16.5. The van der Waals surface area contributed by atoms with Gasteiger partial charge in [-0.3, -0.25) is 0 Å². The molecular formula is C19H25NO. The fraction of sp³-hybridized carbons (Fsp3) is 0.368. The molecule has 2 nitrogen and oxygen atoms in total. The molecule has 1 atom stereocenters. The second kappa shape index (κ2) is 7.84. The van der Waals surface area contributed by atoms with Gasteiger partial charge in [-0.2, -0.15) is 0 Å². The highest BCUT2D eigenvalue weighted by molar-refractivity contribution is 5.37. The number of likely N-dealkylation sites (N-methyl/N-ethyl adjacent to an activating group) is 1. The second-order valence-electron chi connectivity index (χ2n) is 5.27. The fourth-order valence-electron chi connectivity index (χ4n) is 2.67. The van der Waals surface area contributed by atoms with Crippen LogP contribution in [0.2, 0.25) is 0 Å². The van der Waals surface area contributed by atoms with E-state index in [2.05, 4.69) is 61.6 Å². The summed E-state index contributed by atoms with van der Waals surface area (Å²) < 4.78 is 5.79. The van der Waals surface area contributed by atoms with E-state index in [9.17, 15) is 0 Å². The molecule has 0 heterocycles. The SMILES string of the molecule is CCNC(Cc1cccc(C)c1)c1ccccc1OCC. The molecule has 0 saturated carbocycles. The first kappa shape index (κ1) is 15.6. The van der Waals surface area contributed by atoms with Gasteiger partial charge in [-0.05, 0) is 38.4 Å². The van der Waals surface area contributed by atoms with Crippen molar-refractivity contribution in [3.63, 3.8) is 0 Å². The Bertz CT molecular complexity index is 565. The third kappa shape index (κ3) is 4.33. The van der Waals surface area contributed by atoms with Crippen molar-refractivity contribution < 1.29 is 4.74 Å². The zero-order valence-electron chi connectivity index (χ0n) is 13.2. The van der Waals surface area contributed by atoms with E-state index >= 15 is 0 Å². The van der Waals surface area contributed by atoms with Crippen LogP contribution in [0.5, 0.6) is 5.75 Å². The molecule has 0 aliphatic rings. The molecule has 112 valence electrons. The van der Waals surface area contributed by atoms with Crippen LogP contribution in [0.1, 0.15) is 36.6 Å². The van der Waals surface area contributed by atoms with E-state index in [1.165, 1.54) is 16.7 Å². The summed E-state index contributed by atoms with van der Waals surface area (Å²) in [6.45, 7) is 7.95. The molecule has 21 heavy (non-hydrogen) atoms. The lowest BCUT2D eigenvalue weighted by atomic mass is 9.97. The molecule has 1 N–H and O–H groups in total. The maximum atomic E-state index is 5.79. The summed E-state index contributed by atoms with van der Waals surface area (Å²) in [7, 11) is 0. The average Bonchev–Trinajstić information content (AvgIpc) is 2.48. The first-order chi connectivity index (χ1) is 10.2. The van der Waals surface area contributed by atoms with Crippen molar-refractivity contribution in [1.82, 2.24) is 5.32 Å². The maximum Gasteiger partial charge on any atom is 0.124 e. The van der Waals surface area contributed by atoms with Crippen molar-refractivity contribution in [3.8, 4) is 5.75 Å². The van der Waals surface area contributed by atoms with Gasteiger partial charge in [0.15, 0.2) is 0 Å². The van der Waals surface area contributed by atoms with E-state index in [0.29, 0.717) is 6.61 Å². The quantitative estimate of drug-likeness (QED) is 0.818. The zero-order chi connectivity index (χ0) is 15.1. The van der Waals surface area contributed by atoms with Gasteiger partial charge in [0.05, 0.1) is 6.61 Å². The lowest BCUT2D eigenvalue weighted by molar-refractivity contribution is 0.331. The van der Waals surface area contributed by atoms with Crippen molar-refractivity contribution >= 4 is 0 Å². The molecule has 0 radical (unpaired) electrons. The standard InChI is InChI=1S/C19H25NO/c1-4-20-18(14-16-10-8-9-15(3)13-16)17-11-6-7-12-19(17)21-5-2/h6-13,18,20H,4-5,14H2,1-3H3. The Kier molecular flexibility index (Phi) is 5.82. The molecule has 1 unspecified atom stereocenters. The number of rotatable bonds is 7. The van der Waals surface area contributed by atoms with Gasteiger partial charge in [0.1, 0.15) is 5.75 Å². The number of nitrogens with one attached hydrogen (secondary N) is 1. The summed E-state index contributed by atoms with van der Waals surface area (Å²) in [6, 6.07) is 17.3. The maximum absolute atomic E-state index is 5.79. The topological polar surface area (TPSA) is 21.3 Å².